The second kappa shape index (κ2) is 4.30. The van der Waals surface area contributed by atoms with Crippen LogP contribution in [0.5, 0.6) is 0 Å². The van der Waals surface area contributed by atoms with E-state index in [-0.39, 0.29) is 5.97 Å². The van der Waals surface area contributed by atoms with E-state index >= 15 is 0 Å². The summed E-state index contributed by atoms with van der Waals surface area (Å²) in [5.41, 5.74) is 0. The first-order valence-corrected chi connectivity index (χ1v) is 4.63. The maximum atomic E-state index is 10.8. The van der Waals surface area contributed by atoms with E-state index in [0.717, 1.165) is 5.92 Å². The van der Waals surface area contributed by atoms with Crippen LogP contribution in [0.2, 0.25) is 0 Å². The molecule has 1 aliphatic rings. The smallest absolute Gasteiger partial charge is 0.331 e. The van der Waals surface area contributed by atoms with Gasteiger partial charge in [0.25, 0.3) is 0 Å². The summed E-state index contributed by atoms with van der Waals surface area (Å²) in [6.45, 7) is 2.18. The molecule has 0 aromatic heterocycles. The van der Waals surface area contributed by atoms with E-state index in [1.165, 1.54) is 26.0 Å². The summed E-state index contributed by atoms with van der Waals surface area (Å²) >= 11 is 0. The van der Waals surface area contributed by atoms with E-state index in [4.69, 9.17) is 0 Å². The number of hydrogen-bond donors (Lipinski definition) is 0. The minimum Gasteiger partial charge on any atom is -0.466 e. The molecule has 3 heteroatoms. The van der Waals surface area contributed by atoms with Crippen LogP contribution in [0.3, 0.4) is 0 Å². The fraction of sp³-hybridized carbons (Fsp3) is 0.700. The lowest BCUT2D eigenvalue weighted by Gasteiger charge is -2.22. The van der Waals surface area contributed by atoms with Crippen molar-refractivity contribution >= 4 is 5.97 Å². The molecule has 1 fully saturated rings. The van der Waals surface area contributed by atoms with Crippen molar-refractivity contribution in [1.29, 1.82) is 0 Å². The first-order valence-electron chi connectivity index (χ1n) is 4.63. The van der Waals surface area contributed by atoms with Crippen molar-refractivity contribution in [3.8, 4) is 0 Å². The molecule has 0 radical (unpaired) electrons. The summed E-state index contributed by atoms with van der Waals surface area (Å²) in [7, 11) is 3.37. The van der Waals surface area contributed by atoms with Crippen LogP contribution < -0.4 is 0 Å². The highest BCUT2D eigenvalue weighted by Crippen LogP contribution is 2.34. The van der Waals surface area contributed by atoms with Crippen LogP contribution in [0.4, 0.5) is 0 Å². The van der Waals surface area contributed by atoms with Crippen LogP contribution >= 0.6 is 0 Å². The number of ether oxygens (including phenoxy) is 1. The summed E-state index contributed by atoms with van der Waals surface area (Å²) in [6, 6.07) is 0.529. The van der Waals surface area contributed by atoms with Gasteiger partial charge < -0.3 is 9.64 Å². The molecule has 0 saturated heterocycles. The van der Waals surface area contributed by atoms with Gasteiger partial charge in [0.2, 0.25) is 0 Å². The quantitative estimate of drug-likeness (QED) is 0.487. The molecule has 0 spiro atoms. The Labute approximate surface area is 79.4 Å². The Hall–Kier alpha value is -0.990. The summed E-state index contributed by atoms with van der Waals surface area (Å²) in [4.78, 5) is 12.9. The molecule has 13 heavy (non-hydrogen) atoms. The maximum absolute atomic E-state index is 10.8. The molecule has 0 amide bonds. The molecule has 1 rings (SSSR count). The second-order valence-corrected chi connectivity index (χ2v) is 3.58. The van der Waals surface area contributed by atoms with Gasteiger partial charge in [-0.25, -0.2) is 4.79 Å². The number of methoxy groups -OCH3 is 1. The third kappa shape index (κ3) is 3.09. The van der Waals surface area contributed by atoms with Gasteiger partial charge in [-0.05, 0) is 25.7 Å². The maximum Gasteiger partial charge on any atom is 0.331 e. The minimum atomic E-state index is -0.296. The Bertz CT molecular complexity index is 209. The molecule has 1 unspecified atom stereocenters. The van der Waals surface area contributed by atoms with Gasteiger partial charge in [-0.1, -0.05) is 0 Å². The zero-order valence-electron chi connectivity index (χ0n) is 8.49. The number of esters is 1. The molecule has 0 bridgehead atoms. The highest BCUT2D eigenvalue weighted by molar-refractivity contribution is 5.81. The molecule has 0 heterocycles. The Morgan fingerprint density at radius 2 is 2.23 bits per heavy atom. The van der Waals surface area contributed by atoms with Gasteiger partial charge in [-0.3, -0.25) is 0 Å². The average Bonchev–Trinajstić information content (AvgIpc) is 2.95. The SMILES string of the molecule is COC(=O)C=CN(C)C(C)C1CC1. The van der Waals surface area contributed by atoms with Gasteiger partial charge in [0.05, 0.1) is 7.11 Å². The predicted octanol–water partition coefficient (Wildman–Crippen LogP) is 1.40. The van der Waals surface area contributed by atoms with Crippen LogP contribution in [0, 0.1) is 5.92 Å². The van der Waals surface area contributed by atoms with Crippen LogP contribution in [-0.2, 0) is 9.53 Å². The highest BCUT2D eigenvalue weighted by Gasteiger charge is 2.29. The minimum absolute atomic E-state index is 0.296. The molecule has 1 atom stereocenters. The molecule has 1 saturated carbocycles. The fourth-order valence-corrected chi connectivity index (χ4v) is 1.29. The van der Waals surface area contributed by atoms with Crippen molar-refractivity contribution in [1.82, 2.24) is 4.90 Å². The lowest BCUT2D eigenvalue weighted by molar-refractivity contribution is -0.134. The molecule has 3 nitrogen and oxygen atoms in total. The van der Waals surface area contributed by atoms with Crippen molar-refractivity contribution in [3.63, 3.8) is 0 Å². The van der Waals surface area contributed by atoms with Gasteiger partial charge in [0.15, 0.2) is 0 Å². The Kier molecular flexibility index (Phi) is 3.34. The third-order valence-electron chi connectivity index (χ3n) is 2.59. The molecule has 0 aromatic rings. The van der Waals surface area contributed by atoms with Crippen molar-refractivity contribution in [2.24, 2.45) is 5.92 Å². The lowest BCUT2D eigenvalue weighted by Crippen LogP contribution is -2.25. The second-order valence-electron chi connectivity index (χ2n) is 3.58. The largest absolute Gasteiger partial charge is 0.466 e. The highest BCUT2D eigenvalue weighted by atomic mass is 16.5. The van der Waals surface area contributed by atoms with Gasteiger partial charge in [-0.15, -0.1) is 0 Å². The topological polar surface area (TPSA) is 29.5 Å². The van der Waals surface area contributed by atoms with E-state index in [9.17, 15) is 4.79 Å². The lowest BCUT2D eigenvalue weighted by atomic mass is 10.2. The number of nitrogens with zero attached hydrogens (tertiary/aromatic N) is 1. The number of hydrogen-bond acceptors (Lipinski definition) is 3. The van der Waals surface area contributed by atoms with E-state index in [2.05, 4.69) is 16.6 Å². The van der Waals surface area contributed by atoms with Gasteiger partial charge in [-0.2, -0.15) is 0 Å². The normalized spacial score (nSPS) is 18.7. The van der Waals surface area contributed by atoms with Crippen LogP contribution in [-0.4, -0.2) is 31.1 Å². The van der Waals surface area contributed by atoms with Gasteiger partial charge >= 0.3 is 5.97 Å². The zero-order chi connectivity index (χ0) is 9.84. The van der Waals surface area contributed by atoms with Crippen LogP contribution in [0.1, 0.15) is 19.8 Å². The Morgan fingerprint density at radius 3 is 2.69 bits per heavy atom. The number of carbonyl (C=O) groups excluding carboxylic acids is 1. The van der Waals surface area contributed by atoms with E-state index in [1.807, 2.05) is 7.05 Å². The van der Waals surface area contributed by atoms with Crippen molar-refractivity contribution in [2.45, 2.75) is 25.8 Å². The molecule has 1 aliphatic carbocycles. The molecular formula is C10H17NO2. The molecule has 0 aliphatic heterocycles. The average molecular weight is 183 g/mol. The van der Waals surface area contributed by atoms with Crippen LogP contribution in [0.15, 0.2) is 12.3 Å². The van der Waals surface area contributed by atoms with Crippen LogP contribution in [0.25, 0.3) is 0 Å². The van der Waals surface area contributed by atoms with Gasteiger partial charge in [0, 0.05) is 25.4 Å². The molecule has 74 valence electrons. The monoisotopic (exact) mass is 183 g/mol. The fourth-order valence-electron chi connectivity index (χ4n) is 1.29. The zero-order valence-corrected chi connectivity index (χ0v) is 8.49. The summed E-state index contributed by atoms with van der Waals surface area (Å²) in [6.07, 6.45) is 5.88. The number of carbonyl (C=O) groups is 1. The van der Waals surface area contributed by atoms with Crippen molar-refractivity contribution in [3.05, 3.63) is 12.3 Å². The van der Waals surface area contributed by atoms with Crippen molar-refractivity contribution < 1.29 is 9.53 Å². The molecule has 0 aromatic carbocycles. The molecule has 0 N–H and O–H groups in total. The Morgan fingerprint density at radius 1 is 1.62 bits per heavy atom. The summed E-state index contributed by atoms with van der Waals surface area (Å²) in [5, 5.41) is 0. The predicted molar refractivity (Wildman–Crippen MR) is 51.1 cm³/mol. The first kappa shape index (κ1) is 10.1. The number of rotatable bonds is 4. The standard InChI is InChI=1S/C10H17NO2/c1-8(9-4-5-9)11(2)7-6-10(12)13-3/h6-9H,4-5H2,1-3H3. The summed E-state index contributed by atoms with van der Waals surface area (Å²) < 4.78 is 4.50. The van der Waals surface area contributed by atoms with E-state index < -0.39 is 0 Å². The van der Waals surface area contributed by atoms with Gasteiger partial charge in [0.1, 0.15) is 0 Å². The van der Waals surface area contributed by atoms with E-state index in [1.54, 1.807) is 6.20 Å². The van der Waals surface area contributed by atoms with E-state index in [0.29, 0.717) is 6.04 Å². The summed E-state index contributed by atoms with van der Waals surface area (Å²) in [5.74, 6) is 0.516. The first-order chi connectivity index (χ1) is 6.15. The Balaban J connectivity index is 2.34. The third-order valence-corrected chi connectivity index (χ3v) is 2.59. The van der Waals surface area contributed by atoms with Crippen molar-refractivity contribution in [2.75, 3.05) is 14.2 Å². The molecular weight excluding hydrogens is 166 g/mol.